The maximum absolute atomic E-state index is 12.7. The van der Waals surface area contributed by atoms with E-state index < -0.39 is 4.92 Å². The molecule has 9 nitrogen and oxygen atoms in total. The minimum Gasteiger partial charge on any atom is -0.495 e. The summed E-state index contributed by atoms with van der Waals surface area (Å²) in [5.41, 5.74) is 2.57. The highest BCUT2D eigenvalue weighted by atomic mass is 35.5. The Morgan fingerprint density at radius 1 is 1.16 bits per heavy atom. The van der Waals surface area contributed by atoms with Crippen molar-refractivity contribution in [3.05, 3.63) is 74.0 Å². The van der Waals surface area contributed by atoms with Crippen molar-refractivity contribution in [2.24, 2.45) is 0 Å². The van der Waals surface area contributed by atoms with E-state index in [0.29, 0.717) is 45.7 Å². The van der Waals surface area contributed by atoms with Gasteiger partial charge in [-0.3, -0.25) is 19.6 Å². The van der Waals surface area contributed by atoms with Gasteiger partial charge in [0.25, 0.3) is 5.91 Å². The Bertz CT molecular complexity index is 1140. The van der Waals surface area contributed by atoms with Gasteiger partial charge in [0.1, 0.15) is 22.9 Å². The smallest absolute Gasteiger partial charge is 0.312 e. The molecule has 3 rings (SSSR count). The van der Waals surface area contributed by atoms with Crippen molar-refractivity contribution < 1.29 is 19.2 Å². The average molecular weight is 445 g/mol. The molecule has 1 aromatic heterocycles. The minimum atomic E-state index is -0.429. The molecule has 0 aliphatic rings. The van der Waals surface area contributed by atoms with E-state index in [1.165, 1.54) is 14.2 Å². The molecule has 3 aromatic rings. The Labute approximate surface area is 183 Å². The summed E-state index contributed by atoms with van der Waals surface area (Å²) in [4.78, 5) is 23.4. The van der Waals surface area contributed by atoms with Crippen molar-refractivity contribution >= 4 is 28.9 Å². The normalized spacial score (nSPS) is 10.6. The quantitative estimate of drug-likeness (QED) is 0.428. The molecule has 0 fully saturated rings. The summed E-state index contributed by atoms with van der Waals surface area (Å²) in [5, 5.41) is 18.6. The van der Waals surface area contributed by atoms with E-state index >= 15 is 0 Å². The van der Waals surface area contributed by atoms with Gasteiger partial charge < -0.3 is 14.8 Å². The molecular formula is C21H21ClN4O5. The number of carbonyl (C=O) groups excluding carboxylic acids is 1. The molecule has 10 heteroatoms. The summed E-state index contributed by atoms with van der Waals surface area (Å²) in [6.45, 7) is 3.62. The highest BCUT2D eigenvalue weighted by Crippen LogP contribution is 2.36. The number of nitro groups is 1. The van der Waals surface area contributed by atoms with Gasteiger partial charge in [-0.05, 0) is 31.5 Å². The standard InChI is InChI=1S/C21H21ClN4O5/c1-12-20(26(28)29)13(2)25(24-12)11-14-5-7-15(8-6-14)21(27)23-17-10-18(30-3)16(22)9-19(17)31-4/h5-10H,11H2,1-4H3,(H,23,27). The van der Waals surface area contributed by atoms with Gasteiger partial charge in [-0.1, -0.05) is 23.7 Å². The first-order valence-electron chi connectivity index (χ1n) is 9.25. The van der Waals surface area contributed by atoms with Crippen LogP contribution in [-0.2, 0) is 6.54 Å². The highest BCUT2D eigenvalue weighted by Gasteiger charge is 2.21. The third-order valence-corrected chi connectivity index (χ3v) is 5.09. The fraction of sp³-hybridized carbons (Fsp3) is 0.238. The second-order valence-electron chi connectivity index (χ2n) is 6.77. The molecule has 0 radical (unpaired) electrons. The number of rotatable bonds is 7. The van der Waals surface area contributed by atoms with Crippen molar-refractivity contribution in [2.75, 3.05) is 19.5 Å². The van der Waals surface area contributed by atoms with Crippen LogP contribution < -0.4 is 14.8 Å². The first-order valence-corrected chi connectivity index (χ1v) is 9.63. The predicted molar refractivity (Wildman–Crippen MR) is 116 cm³/mol. The van der Waals surface area contributed by atoms with Crippen LogP contribution in [0, 0.1) is 24.0 Å². The summed E-state index contributed by atoms with van der Waals surface area (Å²) in [6, 6.07) is 10.0. The Kier molecular flexibility index (Phi) is 6.45. The lowest BCUT2D eigenvalue weighted by atomic mass is 10.1. The highest BCUT2D eigenvalue weighted by molar-refractivity contribution is 6.32. The molecule has 31 heavy (non-hydrogen) atoms. The first kappa shape index (κ1) is 22.1. The summed E-state index contributed by atoms with van der Waals surface area (Å²) < 4.78 is 12.0. The molecule has 0 aliphatic carbocycles. The number of nitrogens with zero attached hydrogens (tertiary/aromatic N) is 3. The molecule has 0 spiro atoms. The van der Waals surface area contributed by atoms with Gasteiger partial charge in [0.05, 0.1) is 36.4 Å². The fourth-order valence-corrected chi connectivity index (χ4v) is 3.42. The predicted octanol–water partition coefficient (Wildman–Crippen LogP) is 4.38. The van der Waals surface area contributed by atoms with E-state index in [1.807, 2.05) is 0 Å². The molecule has 0 atom stereocenters. The van der Waals surface area contributed by atoms with Gasteiger partial charge in [-0.15, -0.1) is 0 Å². The fourth-order valence-electron chi connectivity index (χ4n) is 3.19. The zero-order valence-corrected chi connectivity index (χ0v) is 18.2. The monoisotopic (exact) mass is 444 g/mol. The van der Waals surface area contributed by atoms with Gasteiger partial charge >= 0.3 is 5.69 Å². The van der Waals surface area contributed by atoms with E-state index in [-0.39, 0.29) is 11.6 Å². The Morgan fingerprint density at radius 3 is 2.35 bits per heavy atom. The van der Waals surface area contributed by atoms with Crippen molar-refractivity contribution in [1.29, 1.82) is 0 Å². The van der Waals surface area contributed by atoms with Crippen LogP contribution in [0.4, 0.5) is 11.4 Å². The van der Waals surface area contributed by atoms with Crippen LogP contribution in [0.2, 0.25) is 5.02 Å². The molecule has 0 unspecified atom stereocenters. The van der Waals surface area contributed by atoms with Crippen LogP contribution in [-0.4, -0.2) is 34.8 Å². The number of aryl methyl sites for hydroxylation is 1. The SMILES string of the molecule is COc1cc(NC(=O)c2ccc(Cn3nc(C)c([N+](=O)[O-])c3C)cc2)c(OC)cc1Cl. The van der Waals surface area contributed by atoms with Crippen molar-refractivity contribution in [3.8, 4) is 11.5 Å². The topological polar surface area (TPSA) is 109 Å². The van der Waals surface area contributed by atoms with E-state index in [9.17, 15) is 14.9 Å². The van der Waals surface area contributed by atoms with Gasteiger partial charge in [0.2, 0.25) is 0 Å². The van der Waals surface area contributed by atoms with Crippen molar-refractivity contribution in [2.45, 2.75) is 20.4 Å². The van der Waals surface area contributed by atoms with Gasteiger partial charge in [0, 0.05) is 17.7 Å². The Hall–Kier alpha value is -3.59. The molecule has 0 saturated carbocycles. The number of carbonyl (C=O) groups is 1. The number of hydrogen-bond donors (Lipinski definition) is 1. The zero-order chi connectivity index (χ0) is 22.7. The maximum Gasteiger partial charge on any atom is 0.312 e. The summed E-state index contributed by atoms with van der Waals surface area (Å²) in [7, 11) is 2.96. The molecule has 0 bridgehead atoms. The summed E-state index contributed by atoms with van der Waals surface area (Å²) >= 11 is 6.10. The molecular weight excluding hydrogens is 424 g/mol. The molecule has 2 aromatic carbocycles. The first-order chi connectivity index (χ1) is 14.7. The lowest BCUT2D eigenvalue weighted by molar-refractivity contribution is -0.386. The van der Waals surface area contributed by atoms with Crippen LogP contribution in [0.1, 0.15) is 27.3 Å². The zero-order valence-electron chi connectivity index (χ0n) is 17.4. The summed E-state index contributed by atoms with van der Waals surface area (Å²) in [6.07, 6.45) is 0. The number of ether oxygens (including phenoxy) is 2. The number of halogens is 1. The second-order valence-corrected chi connectivity index (χ2v) is 7.18. The summed E-state index contributed by atoms with van der Waals surface area (Å²) in [5.74, 6) is 0.477. The molecule has 0 saturated heterocycles. The lowest BCUT2D eigenvalue weighted by Crippen LogP contribution is -2.13. The van der Waals surface area contributed by atoms with Crippen LogP contribution >= 0.6 is 11.6 Å². The number of anilines is 1. The average Bonchev–Trinajstić information content (AvgIpc) is 3.02. The van der Waals surface area contributed by atoms with E-state index in [2.05, 4.69) is 10.4 Å². The number of methoxy groups -OCH3 is 2. The molecule has 1 amide bonds. The Morgan fingerprint density at radius 2 is 1.81 bits per heavy atom. The van der Waals surface area contributed by atoms with Crippen LogP contribution in [0.5, 0.6) is 11.5 Å². The van der Waals surface area contributed by atoms with Crippen LogP contribution in [0.3, 0.4) is 0 Å². The number of hydrogen-bond acceptors (Lipinski definition) is 6. The maximum atomic E-state index is 12.7. The lowest BCUT2D eigenvalue weighted by Gasteiger charge is -2.13. The molecule has 162 valence electrons. The van der Waals surface area contributed by atoms with Gasteiger partial charge in [-0.25, -0.2) is 0 Å². The number of nitrogens with one attached hydrogen (secondary N) is 1. The van der Waals surface area contributed by atoms with Crippen LogP contribution in [0.25, 0.3) is 0 Å². The van der Waals surface area contributed by atoms with Crippen molar-refractivity contribution in [3.63, 3.8) is 0 Å². The van der Waals surface area contributed by atoms with Gasteiger partial charge in [0.15, 0.2) is 0 Å². The number of aromatic nitrogens is 2. The second kappa shape index (κ2) is 9.05. The molecule has 0 aliphatic heterocycles. The van der Waals surface area contributed by atoms with E-state index in [0.717, 1.165) is 5.56 Å². The van der Waals surface area contributed by atoms with Crippen molar-refractivity contribution in [1.82, 2.24) is 9.78 Å². The minimum absolute atomic E-state index is 0.0170. The van der Waals surface area contributed by atoms with E-state index in [1.54, 1.807) is 54.9 Å². The largest absolute Gasteiger partial charge is 0.495 e. The number of amides is 1. The molecule has 1 N–H and O–H groups in total. The third-order valence-electron chi connectivity index (χ3n) is 4.80. The third kappa shape index (κ3) is 4.61. The number of benzene rings is 2. The molecule has 1 heterocycles. The Balaban J connectivity index is 1.77. The van der Waals surface area contributed by atoms with E-state index in [4.69, 9.17) is 21.1 Å². The van der Waals surface area contributed by atoms with Gasteiger partial charge in [-0.2, -0.15) is 5.10 Å². The van der Waals surface area contributed by atoms with Crippen LogP contribution in [0.15, 0.2) is 36.4 Å².